The summed E-state index contributed by atoms with van der Waals surface area (Å²) in [7, 11) is 0. The van der Waals surface area contributed by atoms with E-state index < -0.39 is 0 Å². The summed E-state index contributed by atoms with van der Waals surface area (Å²) in [5.74, 6) is 6.66. The lowest BCUT2D eigenvalue weighted by atomic mass is 10.2. The predicted molar refractivity (Wildman–Crippen MR) is 59.6 cm³/mol. The molecular formula is C11H9NOS. The molecule has 2 nitrogen and oxygen atoms in total. The molecule has 0 aliphatic carbocycles. The fraction of sp³-hybridized carbons (Fsp3) is 0.182. The van der Waals surface area contributed by atoms with Crippen molar-refractivity contribution in [3.8, 4) is 11.8 Å². The van der Waals surface area contributed by atoms with Crippen LogP contribution in [0, 0.1) is 11.8 Å². The SMILES string of the molecule is O=C=Nc1cccc(C#CCCS)c1. The number of hydrogen-bond donors (Lipinski definition) is 1. The number of aliphatic imine (C=N–C) groups is 1. The van der Waals surface area contributed by atoms with Crippen molar-refractivity contribution in [3.63, 3.8) is 0 Å². The van der Waals surface area contributed by atoms with E-state index >= 15 is 0 Å². The van der Waals surface area contributed by atoms with Gasteiger partial charge in [0.25, 0.3) is 0 Å². The van der Waals surface area contributed by atoms with E-state index in [1.54, 1.807) is 18.2 Å². The van der Waals surface area contributed by atoms with Gasteiger partial charge >= 0.3 is 0 Å². The summed E-state index contributed by atoms with van der Waals surface area (Å²) in [5, 5.41) is 0. The molecule has 0 spiro atoms. The van der Waals surface area contributed by atoms with Crippen LogP contribution in [0.4, 0.5) is 5.69 Å². The van der Waals surface area contributed by atoms with E-state index in [0.717, 1.165) is 17.7 Å². The second kappa shape index (κ2) is 6.04. The van der Waals surface area contributed by atoms with Crippen LogP contribution in [0.3, 0.4) is 0 Å². The Bertz CT molecular complexity index is 411. The Labute approximate surface area is 88.5 Å². The Morgan fingerprint density at radius 1 is 1.43 bits per heavy atom. The van der Waals surface area contributed by atoms with Crippen LogP contribution >= 0.6 is 12.6 Å². The zero-order valence-corrected chi connectivity index (χ0v) is 8.42. The molecule has 0 N–H and O–H groups in total. The van der Waals surface area contributed by atoms with Gasteiger partial charge in [-0.1, -0.05) is 17.9 Å². The fourth-order valence-corrected chi connectivity index (χ4v) is 1.04. The maximum atomic E-state index is 10.0. The molecule has 0 aliphatic heterocycles. The lowest BCUT2D eigenvalue weighted by molar-refractivity contribution is 0.565. The third kappa shape index (κ3) is 3.49. The molecule has 0 unspecified atom stereocenters. The fourth-order valence-electron chi connectivity index (χ4n) is 0.926. The van der Waals surface area contributed by atoms with Gasteiger partial charge in [0.15, 0.2) is 0 Å². The largest absolute Gasteiger partial charge is 0.240 e. The first kappa shape index (κ1) is 10.6. The summed E-state index contributed by atoms with van der Waals surface area (Å²) in [6.45, 7) is 0. The summed E-state index contributed by atoms with van der Waals surface area (Å²) in [5.41, 5.74) is 1.43. The summed E-state index contributed by atoms with van der Waals surface area (Å²) < 4.78 is 0. The molecule has 0 amide bonds. The molecule has 3 heteroatoms. The highest BCUT2D eigenvalue weighted by atomic mass is 32.1. The molecule has 0 radical (unpaired) electrons. The summed E-state index contributed by atoms with van der Waals surface area (Å²) in [6.07, 6.45) is 2.25. The van der Waals surface area contributed by atoms with Crippen LogP contribution in [-0.2, 0) is 4.79 Å². The Kier molecular flexibility index (Phi) is 4.57. The van der Waals surface area contributed by atoms with E-state index in [9.17, 15) is 4.79 Å². The number of isocyanates is 1. The van der Waals surface area contributed by atoms with Gasteiger partial charge in [0, 0.05) is 17.7 Å². The average Bonchev–Trinajstić information content (AvgIpc) is 2.19. The monoisotopic (exact) mass is 203 g/mol. The third-order valence-electron chi connectivity index (χ3n) is 1.49. The average molecular weight is 203 g/mol. The van der Waals surface area contributed by atoms with E-state index in [4.69, 9.17) is 0 Å². The Hall–Kier alpha value is -1.49. The van der Waals surface area contributed by atoms with Crippen LogP contribution in [-0.4, -0.2) is 11.8 Å². The Balaban J connectivity index is 2.84. The summed E-state index contributed by atoms with van der Waals surface area (Å²) in [4.78, 5) is 13.5. The maximum Gasteiger partial charge on any atom is 0.240 e. The number of carbonyl (C=O) groups excluding carboxylic acids is 1. The number of rotatable bonds is 2. The molecule has 1 aromatic rings. The quantitative estimate of drug-likeness (QED) is 0.340. The van der Waals surface area contributed by atoms with Crippen molar-refractivity contribution in [1.29, 1.82) is 0 Å². The molecule has 14 heavy (non-hydrogen) atoms. The topological polar surface area (TPSA) is 29.4 Å². The molecule has 0 saturated heterocycles. The molecular weight excluding hydrogens is 194 g/mol. The van der Waals surface area contributed by atoms with Crippen molar-refractivity contribution in [3.05, 3.63) is 29.8 Å². The molecule has 70 valence electrons. The normalized spacial score (nSPS) is 8.36. The molecule has 0 bridgehead atoms. The van der Waals surface area contributed by atoms with E-state index in [1.165, 1.54) is 6.08 Å². The van der Waals surface area contributed by atoms with E-state index in [-0.39, 0.29) is 0 Å². The van der Waals surface area contributed by atoms with Gasteiger partial charge in [-0.25, -0.2) is 4.79 Å². The van der Waals surface area contributed by atoms with Crippen molar-refractivity contribution in [2.75, 3.05) is 5.75 Å². The lowest BCUT2D eigenvalue weighted by Gasteiger charge is -1.91. The molecule has 1 rings (SSSR count). The van der Waals surface area contributed by atoms with Gasteiger partial charge in [-0.2, -0.15) is 17.6 Å². The van der Waals surface area contributed by atoms with Gasteiger partial charge in [0.2, 0.25) is 6.08 Å². The molecule has 0 aromatic heterocycles. The first-order chi connectivity index (χ1) is 6.86. The van der Waals surface area contributed by atoms with Gasteiger partial charge in [-0.3, -0.25) is 0 Å². The zero-order valence-electron chi connectivity index (χ0n) is 7.53. The molecule has 0 saturated carbocycles. The van der Waals surface area contributed by atoms with Gasteiger partial charge in [0.1, 0.15) is 0 Å². The number of hydrogen-bond acceptors (Lipinski definition) is 3. The number of nitrogens with zero attached hydrogens (tertiary/aromatic N) is 1. The third-order valence-corrected chi connectivity index (χ3v) is 1.71. The highest BCUT2D eigenvalue weighted by Gasteiger charge is 1.89. The number of thiol groups is 1. The van der Waals surface area contributed by atoms with Crippen LogP contribution in [0.5, 0.6) is 0 Å². The Morgan fingerprint density at radius 2 is 2.29 bits per heavy atom. The minimum atomic E-state index is 0.581. The lowest BCUT2D eigenvalue weighted by Crippen LogP contribution is -1.74. The van der Waals surface area contributed by atoms with Gasteiger partial charge in [-0.15, -0.1) is 0 Å². The second-order valence-electron chi connectivity index (χ2n) is 2.53. The van der Waals surface area contributed by atoms with Crippen molar-refractivity contribution < 1.29 is 4.79 Å². The minimum absolute atomic E-state index is 0.581. The second-order valence-corrected chi connectivity index (χ2v) is 2.98. The minimum Gasteiger partial charge on any atom is -0.211 e. The first-order valence-corrected chi connectivity index (χ1v) is 4.77. The first-order valence-electron chi connectivity index (χ1n) is 4.14. The zero-order chi connectivity index (χ0) is 10.2. The van der Waals surface area contributed by atoms with E-state index in [2.05, 4.69) is 29.5 Å². The van der Waals surface area contributed by atoms with Crippen LogP contribution in [0.25, 0.3) is 0 Å². The van der Waals surface area contributed by atoms with Crippen molar-refractivity contribution in [2.24, 2.45) is 4.99 Å². The van der Waals surface area contributed by atoms with Gasteiger partial charge in [-0.05, 0) is 18.2 Å². The van der Waals surface area contributed by atoms with Crippen LogP contribution in [0.1, 0.15) is 12.0 Å². The molecule has 0 atom stereocenters. The van der Waals surface area contributed by atoms with Gasteiger partial charge in [0.05, 0.1) is 5.69 Å². The standard InChI is InChI=1S/C11H9NOS/c13-9-12-11-6-3-5-10(8-11)4-1-2-7-14/h3,5-6,8,14H,2,7H2. The number of benzene rings is 1. The highest BCUT2D eigenvalue weighted by molar-refractivity contribution is 7.80. The van der Waals surface area contributed by atoms with E-state index in [0.29, 0.717) is 5.69 Å². The molecule has 0 heterocycles. The summed E-state index contributed by atoms with van der Waals surface area (Å²) >= 11 is 4.05. The predicted octanol–water partition coefficient (Wildman–Crippen LogP) is 2.33. The van der Waals surface area contributed by atoms with E-state index in [1.807, 2.05) is 6.07 Å². The van der Waals surface area contributed by atoms with Crippen molar-refractivity contribution in [2.45, 2.75) is 6.42 Å². The highest BCUT2D eigenvalue weighted by Crippen LogP contribution is 2.12. The van der Waals surface area contributed by atoms with Crippen LogP contribution < -0.4 is 0 Å². The molecule has 0 aliphatic rings. The molecule has 0 fully saturated rings. The van der Waals surface area contributed by atoms with Crippen LogP contribution in [0.2, 0.25) is 0 Å². The smallest absolute Gasteiger partial charge is 0.211 e. The maximum absolute atomic E-state index is 10.0. The van der Waals surface area contributed by atoms with Gasteiger partial charge < -0.3 is 0 Å². The molecule has 1 aromatic carbocycles. The summed E-state index contributed by atoms with van der Waals surface area (Å²) in [6, 6.07) is 7.15. The van der Waals surface area contributed by atoms with Crippen molar-refractivity contribution >= 4 is 24.4 Å². The van der Waals surface area contributed by atoms with Crippen LogP contribution in [0.15, 0.2) is 29.3 Å². The Morgan fingerprint density at radius 3 is 3.00 bits per heavy atom. The van der Waals surface area contributed by atoms with Crippen molar-refractivity contribution in [1.82, 2.24) is 0 Å².